The molecule has 0 spiro atoms. The molecule has 0 aliphatic heterocycles. The fourth-order valence-corrected chi connectivity index (χ4v) is 1.60. The van der Waals surface area contributed by atoms with Crippen molar-refractivity contribution in [1.29, 1.82) is 0 Å². The van der Waals surface area contributed by atoms with Crippen molar-refractivity contribution in [3.05, 3.63) is 23.0 Å². The van der Waals surface area contributed by atoms with Crippen LogP contribution in [0.4, 0.5) is 0 Å². The Labute approximate surface area is 105 Å². The normalized spacial score (nSPS) is 12.8. The van der Waals surface area contributed by atoms with Gasteiger partial charge in [-0.05, 0) is 12.8 Å². The standard InChI is InChI=1S/C14H25N3/c1-10(2)13(8-15-11(3)4)7-14-9-16-17(6)12(14)5/h7,9-11,15H,8H2,1-6H3. The van der Waals surface area contributed by atoms with Crippen LogP contribution in [0.3, 0.4) is 0 Å². The van der Waals surface area contributed by atoms with E-state index < -0.39 is 0 Å². The highest BCUT2D eigenvalue weighted by atomic mass is 15.3. The first-order valence-electron chi connectivity index (χ1n) is 6.34. The van der Waals surface area contributed by atoms with Gasteiger partial charge in [0.15, 0.2) is 0 Å². The van der Waals surface area contributed by atoms with E-state index >= 15 is 0 Å². The zero-order valence-corrected chi connectivity index (χ0v) is 11.9. The van der Waals surface area contributed by atoms with Crippen LogP contribution < -0.4 is 5.32 Å². The van der Waals surface area contributed by atoms with Crippen LogP contribution in [0.2, 0.25) is 0 Å². The zero-order valence-electron chi connectivity index (χ0n) is 11.9. The number of aryl methyl sites for hydroxylation is 1. The van der Waals surface area contributed by atoms with Crippen molar-refractivity contribution in [3.63, 3.8) is 0 Å². The molecule has 0 saturated heterocycles. The van der Waals surface area contributed by atoms with Gasteiger partial charge in [0.1, 0.15) is 0 Å². The Balaban J connectivity index is 2.86. The van der Waals surface area contributed by atoms with Gasteiger partial charge in [0.05, 0.1) is 6.20 Å². The van der Waals surface area contributed by atoms with Gasteiger partial charge >= 0.3 is 0 Å². The fourth-order valence-electron chi connectivity index (χ4n) is 1.60. The monoisotopic (exact) mass is 235 g/mol. The maximum absolute atomic E-state index is 4.28. The Morgan fingerprint density at radius 1 is 1.41 bits per heavy atom. The summed E-state index contributed by atoms with van der Waals surface area (Å²) >= 11 is 0. The summed E-state index contributed by atoms with van der Waals surface area (Å²) in [6, 6.07) is 0.521. The van der Waals surface area contributed by atoms with Crippen molar-refractivity contribution in [2.75, 3.05) is 6.54 Å². The van der Waals surface area contributed by atoms with E-state index in [2.05, 4.69) is 51.1 Å². The molecule has 0 fully saturated rings. The first-order chi connectivity index (χ1) is 7.91. The topological polar surface area (TPSA) is 29.9 Å². The van der Waals surface area contributed by atoms with Crippen LogP contribution in [0.25, 0.3) is 6.08 Å². The molecule has 0 bridgehead atoms. The molecule has 3 heteroatoms. The van der Waals surface area contributed by atoms with Gasteiger partial charge in [0.25, 0.3) is 0 Å². The van der Waals surface area contributed by atoms with Crippen LogP contribution >= 0.6 is 0 Å². The molecule has 1 aromatic rings. The smallest absolute Gasteiger partial charge is 0.0564 e. The van der Waals surface area contributed by atoms with Crippen LogP contribution in [0, 0.1) is 12.8 Å². The van der Waals surface area contributed by atoms with Crippen molar-refractivity contribution < 1.29 is 0 Å². The number of hydrogen-bond donors (Lipinski definition) is 1. The quantitative estimate of drug-likeness (QED) is 0.850. The van der Waals surface area contributed by atoms with Crippen molar-refractivity contribution in [2.45, 2.75) is 40.7 Å². The highest BCUT2D eigenvalue weighted by Crippen LogP contribution is 2.16. The van der Waals surface area contributed by atoms with Crippen molar-refractivity contribution in [3.8, 4) is 0 Å². The molecule has 0 radical (unpaired) electrons. The van der Waals surface area contributed by atoms with Gasteiger partial charge in [-0.2, -0.15) is 5.10 Å². The number of aromatic nitrogens is 2. The number of nitrogens with zero attached hydrogens (tertiary/aromatic N) is 2. The number of hydrogen-bond acceptors (Lipinski definition) is 2. The molecule has 17 heavy (non-hydrogen) atoms. The highest BCUT2D eigenvalue weighted by Gasteiger charge is 2.07. The highest BCUT2D eigenvalue weighted by molar-refractivity contribution is 5.55. The van der Waals surface area contributed by atoms with Crippen molar-refractivity contribution in [1.82, 2.24) is 15.1 Å². The van der Waals surface area contributed by atoms with Crippen LogP contribution in [0.5, 0.6) is 0 Å². The SMILES string of the molecule is Cc1c(C=C(CNC(C)C)C(C)C)cnn1C. The van der Waals surface area contributed by atoms with E-state index in [1.54, 1.807) is 0 Å². The lowest BCUT2D eigenvalue weighted by Crippen LogP contribution is -2.26. The lowest BCUT2D eigenvalue weighted by atomic mass is 10.0. The van der Waals surface area contributed by atoms with Gasteiger partial charge in [0, 0.05) is 30.9 Å². The van der Waals surface area contributed by atoms with E-state index in [0.717, 1.165) is 6.54 Å². The largest absolute Gasteiger partial charge is 0.311 e. The summed E-state index contributed by atoms with van der Waals surface area (Å²) < 4.78 is 1.92. The van der Waals surface area contributed by atoms with E-state index in [1.807, 2.05) is 17.9 Å². The summed E-state index contributed by atoms with van der Waals surface area (Å²) in [5.41, 5.74) is 3.87. The second-order valence-corrected chi connectivity index (χ2v) is 5.22. The first-order valence-corrected chi connectivity index (χ1v) is 6.34. The molecule has 0 aromatic carbocycles. The second kappa shape index (κ2) is 6.01. The van der Waals surface area contributed by atoms with Gasteiger partial charge in [-0.1, -0.05) is 39.3 Å². The molecule has 3 nitrogen and oxygen atoms in total. The zero-order chi connectivity index (χ0) is 13.0. The number of rotatable bonds is 5. The third-order valence-electron chi connectivity index (χ3n) is 3.07. The lowest BCUT2D eigenvalue weighted by molar-refractivity contribution is 0.593. The summed E-state index contributed by atoms with van der Waals surface area (Å²) in [4.78, 5) is 0. The molecule has 1 heterocycles. The molecule has 0 amide bonds. The third kappa shape index (κ3) is 4.00. The molecule has 0 aliphatic carbocycles. The van der Waals surface area contributed by atoms with Crippen LogP contribution in [-0.2, 0) is 7.05 Å². The van der Waals surface area contributed by atoms with E-state index in [0.29, 0.717) is 12.0 Å². The van der Waals surface area contributed by atoms with Crippen LogP contribution in [-0.4, -0.2) is 22.4 Å². The summed E-state index contributed by atoms with van der Waals surface area (Å²) in [5.74, 6) is 0.556. The Morgan fingerprint density at radius 2 is 2.06 bits per heavy atom. The molecule has 0 atom stereocenters. The maximum atomic E-state index is 4.28. The van der Waals surface area contributed by atoms with E-state index in [-0.39, 0.29) is 0 Å². The fraction of sp³-hybridized carbons (Fsp3) is 0.643. The van der Waals surface area contributed by atoms with Crippen LogP contribution in [0.1, 0.15) is 39.0 Å². The van der Waals surface area contributed by atoms with Crippen molar-refractivity contribution >= 4 is 6.08 Å². The summed E-state index contributed by atoms with van der Waals surface area (Å²) in [6.07, 6.45) is 4.20. The van der Waals surface area contributed by atoms with Gasteiger partial charge < -0.3 is 5.32 Å². The van der Waals surface area contributed by atoms with Gasteiger partial charge in [-0.15, -0.1) is 0 Å². The van der Waals surface area contributed by atoms with E-state index in [1.165, 1.54) is 16.8 Å². The molecule has 1 rings (SSSR count). The van der Waals surface area contributed by atoms with Crippen LogP contribution in [0.15, 0.2) is 11.8 Å². The first kappa shape index (κ1) is 14.0. The Hall–Kier alpha value is -1.09. The van der Waals surface area contributed by atoms with Gasteiger partial charge in [-0.3, -0.25) is 4.68 Å². The average Bonchev–Trinajstić information content (AvgIpc) is 2.54. The maximum Gasteiger partial charge on any atom is 0.0564 e. The van der Waals surface area contributed by atoms with E-state index in [4.69, 9.17) is 0 Å². The average molecular weight is 235 g/mol. The Morgan fingerprint density at radius 3 is 2.47 bits per heavy atom. The Bertz CT molecular complexity index is 386. The molecule has 1 N–H and O–H groups in total. The predicted octanol–water partition coefficient (Wildman–Crippen LogP) is 2.77. The summed E-state index contributed by atoms with van der Waals surface area (Å²) in [5, 5.41) is 7.75. The molecule has 0 unspecified atom stereocenters. The van der Waals surface area contributed by atoms with E-state index in [9.17, 15) is 0 Å². The second-order valence-electron chi connectivity index (χ2n) is 5.22. The van der Waals surface area contributed by atoms with Gasteiger partial charge in [-0.25, -0.2) is 0 Å². The summed E-state index contributed by atoms with van der Waals surface area (Å²) in [6.45, 7) is 11.9. The Kier molecular flexibility index (Phi) is 4.94. The molecule has 96 valence electrons. The minimum Gasteiger partial charge on any atom is -0.311 e. The predicted molar refractivity (Wildman–Crippen MR) is 73.9 cm³/mol. The third-order valence-corrected chi connectivity index (χ3v) is 3.07. The number of nitrogens with one attached hydrogen (secondary N) is 1. The molecule has 0 aliphatic rings. The lowest BCUT2D eigenvalue weighted by Gasteiger charge is -2.15. The molecule has 1 aromatic heterocycles. The molecule has 0 saturated carbocycles. The van der Waals surface area contributed by atoms with Gasteiger partial charge in [0.2, 0.25) is 0 Å². The summed E-state index contributed by atoms with van der Waals surface area (Å²) in [7, 11) is 1.98. The van der Waals surface area contributed by atoms with Crippen molar-refractivity contribution in [2.24, 2.45) is 13.0 Å². The minimum absolute atomic E-state index is 0.521. The molecular weight excluding hydrogens is 210 g/mol. The molecular formula is C14H25N3. The minimum atomic E-state index is 0.521.